The van der Waals surface area contributed by atoms with Gasteiger partial charge in [-0.2, -0.15) is 5.26 Å². The molecule has 1 aliphatic rings. The molecule has 4 nitrogen and oxygen atoms in total. The molecule has 0 fully saturated rings. The van der Waals surface area contributed by atoms with Crippen LogP contribution < -0.4 is 10.5 Å². The van der Waals surface area contributed by atoms with Crippen molar-refractivity contribution in [3.8, 4) is 6.07 Å². The Kier molecular flexibility index (Phi) is 4.65. The van der Waals surface area contributed by atoms with Crippen molar-refractivity contribution in [1.82, 2.24) is 4.72 Å². The smallest absolute Gasteiger partial charge is 0.177 e. The van der Waals surface area contributed by atoms with Crippen molar-refractivity contribution >= 4 is 44.2 Å². The highest BCUT2D eigenvalue weighted by atomic mass is 35.5. The largest absolute Gasteiger partial charge is 0.376 e. The topological polar surface area (TPSA) is 74.2 Å². The Morgan fingerprint density at radius 3 is 3.00 bits per heavy atom. The Labute approximate surface area is 129 Å². The van der Waals surface area contributed by atoms with Crippen molar-refractivity contribution in [1.29, 1.82) is 5.26 Å². The van der Waals surface area contributed by atoms with E-state index in [9.17, 15) is 5.26 Å². The third-order valence-electron chi connectivity index (χ3n) is 2.81. The van der Waals surface area contributed by atoms with Crippen LogP contribution in [0.15, 0.2) is 40.9 Å². The molecule has 0 saturated heterocycles. The van der Waals surface area contributed by atoms with E-state index in [1.165, 1.54) is 0 Å². The molecule has 1 unspecified atom stereocenters. The van der Waals surface area contributed by atoms with Crippen LogP contribution in [0.4, 0.5) is 0 Å². The predicted octanol–water partition coefficient (Wildman–Crippen LogP) is 2.84. The van der Waals surface area contributed by atoms with Crippen LogP contribution in [-0.4, -0.2) is 15.9 Å². The Bertz CT molecular complexity index is 636. The Morgan fingerprint density at radius 1 is 1.55 bits per heavy atom. The number of rotatable bonds is 4. The van der Waals surface area contributed by atoms with Crippen LogP contribution in [0.1, 0.15) is 5.56 Å². The van der Waals surface area contributed by atoms with E-state index in [2.05, 4.69) is 15.8 Å². The highest BCUT2D eigenvalue weighted by Crippen LogP contribution is 2.50. The first-order valence-electron chi connectivity index (χ1n) is 5.83. The number of nitrogens with two attached hydrogens (primary N) is 1. The summed E-state index contributed by atoms with van der Waals surface area (Å²) in [6.07, 6.45) is 2.40. The molecular formula is C13H13ClN4S2. The number of aryl methyl sites for hydroxylation is 1. The van der Waals surface area contributed by atoms with E-state index in [1.807, 2.05) is 29.7 Å². The van der Waals surface area contributed by atoms with E-state index in [4.69, 9.17) is 29.6 Å². The van der Waals surface area contributed by atoms with Crippen molar-refractivity contribution in [2.24, 2.45) is 10.7 Å². The lowest BCUT2D eigenvalue weighted by atomic mass is 10.2. The first kappa shape index (κ1) is 14.9. The van der Waals surface area contributed by atoms with E-state index < -0.39 is 10.2 Å². The summed E-state index contributed by atoms with van der Waals surface area (Å²) in [5.74, 6) is 0.702. The van der Waals surface area contributed by atoms with Crippen molar-refractivity contribution in [3.63, 3.8) is 0 Å². The van der Waals surface area contributed by atoms with E-state index in [0.29, 0.717) is 15.8 Å². The van der Waals surface area contributed by atoms with Crippen molar-refractivity contribution in [2.75, 3.05) is 5.75 Å². The number of hydrogen-bond acceptors (Lipinski definition) is 3. The molecule has 1 aliphatic heterocycles. The minimum atomic E-state index is -1.71. The van der Waals surface area contributed by atoms with Crippen LogP contribution >= 0.6 is 34.0 Å². The van der Waals surface area contributed by atoms with Gasteiger partial charge in [0.25, 0.3) is 0 Å². The van der Waals surface area contributed by atoms with E-state index >= 15 is 0 Å². The third kappa shape index (κ3) is 3.31. The molecule has 2 rings (SSSR count). The Hall–Kier alpha value is -1.55. The second-order valence-corrected chi connectivity index (χ2v) is 7.91. The summed E-state index contributed by atoms with van der Waals surface area (Å²) in [4.78, 5) is 4.10. The number of thiocarbonyl (C=S) groups is 1. The maximum atomic E-state index is 9.21. The van der Waals surface area contributed by atoms with Crippen LogP contribution in [0.25, 0.3) is 0 Å². The van der Waals surface area contributed by atoms with E-state index in [0.717, 1.165) is 12.0 Å². The average Bonchev–Trinajstić information content (AvgIpc) is 2.79. The van der Waals surface area contributed by atoms with Gasteiger partial charge in [0.15, 0.2) is 10.2 Å². The van der Waals surface area contributed by atoms with Crippen LogP contribution in [0.3, 0.4) is 0 Å². The minimum absolute atomic E-state index is 0.181. The second-order valence-electron chi connectivity index (χ2n) is 4.17. The van der Waals surface area contributed by atoms with E-state index in [-0.39, 0.29) is 5.11 Å². The second kappa shape index (κ2) is 6.27. The summed E-state index contributed by atoms with van der Waals surface area (Å²) in [6.45, 7) is 0. The van der Waals surface area contributed by atoms with Gasteiger partial charge in [0.2, 0.25) is 0 Å². The SMILES string of the molecule is N#CC1=NC=CS1(CCc1cccc(Cl)c1)NC(N)=S. The van der Waals surface area contributed by atoms with Crippen molar-refractivity contribution < 1.29 is 0 Å². The van der Waals surface area contributed by atoms with Crippen LogP contribution in [0, 0.1) is 11.3 Å². The molecule has 1 heterocycles. The summed E-state index contributed by atoms with van der Waals surface area (Å²) >= 11 is 10.9. The van der Waals surface area contributed by atoms with Gasteiger partial charge in [-0.1, -0.05) is 33.9 Å². The molecule has 0 spiro atoms. The minimum Gasteiger partial charge on any atom is -0.376 e. The monoisotopic (exact) mass is 324 g/mol. The fourth-order valence-corrected chi connectivity index (χ4v) is 4.90. The molecular weight excluding hydrogens is 312 g/mol. The van der Waals surface area contributed by atoms with Gasteiger partial charge in [-0.05, 0) is 41.7 Å². The molecule has 104 valence electrons. The molecule has 0 aromatic heterocycles. The predicted molar refractivity (Wildman–Crippen MR) is 89.7 cm³/mol. The van der Waals surface area contributed by atoms with Gasteiger partial charge < -0.3 is 10.5 Å². The summed E-state index contributed by atoms with van der Waals surface area (Å²) in [5.41, 5.74) is 6.69. The van der Waals surface area contributed by atoms with Gasteiger partial charge >= 0.3 is 0 Å². The van der Waals surface area contributed by atoms with Gasteiger partial charge in [0.05, 0.1) is 0 Å². The van der Waals surface area contributed by atoms with Crippen LogP contribution in [-0.2, 0) is 6.42 Å². The molecule has 0 saturated carbocycles. The molecule has 7 heteroatoms. The number of halogens is 1. The summed E-state index contributed by atoms with van der Waals surface area (Å²) in [6, 6.07) is 9.78. The molecule has 0 amide bonds. The number of aliphatic imine (C=N–C) groups is 1. The quantitative estimate of drug-likeness (QED) is 0.835. The standard InChI is InChI=1S/C13H13ClN4S2/c14-11-3-1-2-10(8-11)4-6-20(18-13(16)19)7-5-17-12(20)9-15/h1-3,5,7-8H,4,6H2,(H3,16,18,19). The summed E-state index contributed by atoms with van der Waals surface area (Å²) < 4.78 is 3.06. The van der Waals surface area contributed by atoms with Gasteiger partial charge in [-0.15, -0.1) is 0 Å². The zero-order valence-corrected chi connectivity index (χ0v) is 12.9. The molecule has 1 aromatic carbocycles. The zero-order valence-electron chi connectivity index (χ0n) is 10.5. The van der Waals surface area contributed by atoms with Gasteiger partial charge in [0.1, 0.15) is 6.07 Å². The normalized spacial score (nSPS) is 23.5. The first-order chi connectivity index (χ1) is 9.55. The van der Waals surface area contributed by atoms with Gasteiger partial charge in [0, 0.05) is 17.0 Å². The molecule has 1 atom stereocenters. The molecule has 0 radical (unpaired) electrons. The number of hydrogen-bond donors (Lipinski definition) is 2. The summed E-state index contributed by atoms with van der Waals surface area (Å²) in [7, 11) is -1.71. The maximum Gasteiger partial charge on any atom is 0.177 e. The van der Waals surface area contributed by atoms with Crippen LogP contribution in [0.5, 0.6) is 0 Å². The van der Waals surface area contributed by atoms with Crippen molar-refractivity contribution in [3.05, 3.63) is 46.5 Å². The van der Waals surface area contributed by atoms with E-state index in [1.54, 1.807) is 6.20 Å². The van der Waals surface area contributed by atoms with Gasteiger partial charge in [-0.3, -0.25) is 0 Å². The lowest BCUT2D eigenvalue weighted by molar-refractivity contribution is 1.14. The molecule has 20 heavy (non-hydrogen) atoms. The van der Waals surface area contributed by atoms with Crippen LogP contribution in [0.2, 0.25) is 5.02 Å². The number of benzene rings is 1. The van der Waals surface area contributed by atoms with Crippen molar-refractivity contribution in [2.45, 2.75) is 6.42 Å². The Morgan fingerprint density at radius 2 is 2.35 bits per heavy atom. The number of nitriles is 1. The molecule has 0 aliphatic carbocycles. The lowest BCUT2D eigenvalue weighted by Gasteiger charge is -2.33. The molecule has 3 N–H and O–H groups in total. The molecule has 1 aromatic rings. The average molecular weight is 325 g/mol. The maximum absolute atomic E-state index is 9.21. The third-order valence-corrected chi connectivity index (χ3v) is 6.18. The zero-order chi connectivity index (χ0) is 14.6. The fraction of sp³-hybridized carbons (Fsp3) is 0.154. The lowest BCUT2D eigenvalue weighted by Crippen LogP contribution is -2.35. The summed E-state index contributed by atoms with van der Waals surface area (Å²) in [5, 5.41) is 12.4. The first-order valence-corrected chi connectivity index (χ1v) is 8.48. The van der Waals surface area contributed by atoms with Gasteiger partial charge in [-0.25, -0.2) is 4.99 Å². The molecule has 0 bridgehead atoms. The highest BCUT2D eigenvalue weighted by Gasteiger charge is 2.30. The number of nitrogens with one attached hydrogen (secondary N) is 1. The fourth-order valence-electron chi connectivity index (χ4n) is 1.92. The number of nitrogens with zero attached hydrogens (tertiary/aromatic N) is 2. The Balaban J connectivity index is 2.18. The highest BCUT2D eigenvalue weighted by molar-refractivity contribution is 8.47.